The molecule has 0 aliphatic carbocycles. The van der Waals surface area contributed by atoms with Gasteiger partial charge in [0.2, 0.25) is 10.0 Å². The fourth-order valence-corrected chi connectivity index (χ4v) is 2.85. The lowest BCUT2D eigenvalue weighted by atomic mass is 10.0. The lowest BCUT2D eigenvalue weighted by Gasteiger charge is -2.26. The van der Waals surface area contributed by atoms with E-state index in [1.807, 2.05) is 32.0 Å². The molecule has 1 unspecified atom stereocenters. The van der Waals surface area contributed by atoms with Crippen LogP contribution in [0.2, 0.25) is 0 Å². The van der Waals surface area contributed by atoms with E-state index in [9.17, 15) is 13.2 Å². The first-order valence-corrected chi connectivity index (χ1v) is 8.72. The number of carbonyl (C=O) groups is 1. The van der Waals surface area contributed by atoms with E-state index in [4.69, 9.17) is 5.14 Å². The zero-order valence-electron chi connectivity index (χ0n) is 13.4. The van der Waals surface area contributed by atoms with Crippen LogP contribution in [0.25, 0.3) is 0 Å². The SMILES string of the molecule is Cc1ccccc1C(=O)N(C)C(C)c1ccc(S(N)(=O)=O)cc1. The minimum absolute atomic E-state index is 0.0568. The predicted molar refractivity (Wildman–Crippen MR) is 89.5 cm³/mol. The van der Waals surface area contributed by atoms with Crippen LogP contribution in [0.3, 0.4) is 0 Å². The van der Waals surface area contributed by atoms with Crippen LogP contribution in [0, 0.1) is 6.92 Å². The summed E-state index contributed by atoms with van der Waals surface area (Å²) in [6.45, 7) is 3.79. The summed E-state index contributed by atoms with van der Waals surface area (Å²) in [7, 11) is -1.98. The highest BCUT2D eigenvalue weighted by atomic mass is 32.2. The Morgan fingerprint density at radius 3 is 2.17 bits per heavy atom. The number of hydrogen-bond acceptors (Lipinski definition) is 3. The highest BCUT2D eigenvalue weighted by Crippen LogP contribution is 2.23. The van der Waals surface area contributed by atoms with Crippen molar-refractivity contribution in [1.82, 2.24) is 4.90 Å². The van der Waals surface area contributed by atoms with Crippen molar-refractivity contribution in [2.45, 2.75) is 24.8 Å². The number of nitrogens with two attached hydrogens (primary N) is 1. The topological polar surface area (TPSA) is 80.5 Å². The van der Waals surface area contributed by atoms with Gasteiger partial charge < -0.3 is 4.90 Å². The lowest BCUT2D eigenvalue weighted by Crippen LogP contribution is -2.30. The summed E-state index contributed by atoms with van der Waals surface area (Å²) < 4.78 is 22.6. The van der Waals surface area contributed by atoms with Crippen LogP contribution in [-0.2, 0) is 10.0 Å². The summed E-state index contributed by atoms with van der Waals surface area (Å²) in [4.78, 5) is 14.3. The van der Waals surface area contributed by atoms with Crippen molar-refractivity contribution in [2.24, 2.45) is 5.14 Å². The summed E-state index contributed by atoms with van der Waals surface area (Å²) in [5, 5.41) is 5.09. The Morgan fingerprint density at radius 1 is 1.09 bits per heavy atom. The van der Waals surface area contributed by atoms with Crippen molar-refractivity contribution < 1.29 is 13.2 Å². The van der Waals surface area contributed by atoms with Gasteiger partial charge >= 0.3 is 0 Å². The summed E-state index contributed by atoms with van der Waals surface area (Å²) in [5.41, 5.74) is 2.41. The zero-order chi connectivity index (χ0) is 17.2. The fraction of sp³-hybridized carbons (Fsp3) is 0.235. The second-order valence-corrected chi connectivity index (χ2v) is 7.08. The molecule has 23 heavy (non-hydrogen) atoms. The number of hydrogen-bond donors (Lipinski definition) is 1. The first-order chi connectivity index (χ1) is 10.7. The predicted octanol–water partition coefficient (Wildman–Crippen LogP) is 2.48. The second kappa shape index (κ2) is 6.52. The van der Waals surface area contributed by atoms with Crippen LogP contribution in [0.5, 0.6) is 0 Å². The molecular formula is C17H20N2O3S. The Kier molecular flexibility index (Phi) is 4.87. The molecular weight excluding hydrogens is 312 g/mol. The molecule has 0 saturated carbocycles. The van der Waals surface area contributed by atoms with Crippen LogP contribution < -0.4 is 5.14 Å². The van der Waals surface area contributed by atoms with E-state index >= 15 is 0 Å². The summed E-state index contributed by atoms with van der Waals surface area (Å²) >= 11 is 0. The average molecular weight is 332 g/mol. The van der Waals surface area contributed by atoms with Gasteiger partial charge in [-0.05, 0) is 43.2 Å². The monoisotopic (exact) mass is 332 g/mol. The number of rotatable bonds is 4. The molecule has 0 aliphatic heterocycles. The van der Waals surface area contributed by atoms with Gasteiger partial charge in [0.05, 0.1) is 10.9 Å². The molecule has 2 N–H and O–H groups in total. The van der Waals surface area contributed by atoms with Crippen LogP contribution >= 0.6 is 0 Å². The van der Waals surface area contributed by atoms with Gasteiger partial charge in [-0.25, -0.2) is 13.6 Å². The van der Waals surface area contributed by atoms with E-state index in [-0.39, 0.29) is 16.8 Å². The molecule has 2 aromatic carbocycles. The standard InChI is InChI=1S/C17H20N2O3S/c1-12-6-4-5-7-16(12)17(20)19(3)13(2)14-8-10-15(11-9-14)23(18,21)22/h4-11,13H,1-3H3,(H2,18,21,22). The molecule has 0 heterocycles. The number of benzene rings is 2. The van der Waals surface area contributed by atoms with Crippen molar-refractivity contribution in [2.75, 3.05) is 7.05 Å². The molecule has 6 heteroatoms. The van der Waals surface area contributed by atoms with Crippen molar-refractivity contribution in [3.63, 3.8) is 0 Å². The quantitative estimate of drug-likeness (QED) is 0.934. The van der Waals surface area contributed by atoms with Gasteiger partial charge in [0.15, 0.2) is 0 Å². The summed E-state index contributed by atoms with van der Waals surface area (Å²) in [6, 6.07) is 13.5. The summed E-state index contributed by atoms with van der Waals surface area (Å²) in [5.74, 6) is -0.0777. The lowest BCUT2D eigenvalue weighted by molar-refractivity contribution is 0.0742. The molecule has 5 nitrogen and oxygen atoms in total. The first-order valence-electron chi connectivity index (χ1n) is 7.17. The third-order valence-corrected chi connectivity index (χ3v) is 4.90. The Bertz CT molecular complexity index is 814. The maximum absolute atomic E-state index is 12.6. The fourth-order valence-electron chi connectivity index (χ4n) is 2.34. The highest BCUT2D eigenvalue weighted by molar-refractivity contribution is 7.89. The van der Waals surface area contributed by atoms with E-state index in [1.165, 1.54) is 12.1 Å². The number of amides is 1. The number of nitrogens with zero attached hydrogens (tertiary/aromatic N) is 1. The zero-order valence-corrected chi connectivity index (χ0v) is 14.2. The normalized spacial score (nSPS) is 12.7. The van der Waals surface area contributed by atoms with Crippen LogP contribution in [-0.4, -0.2) is 26.3 Å². The second-order valence-electron chi connectivity index (χ2n) is 5.52. The van der Waals surface area contributed by atoms with Gasteiger partial charge in [-0.3, -0.25) is 4.79 Å². The third-order valence-electron chi connectivity index (χ3n) is 3.97. The number of sulfonamides is 1. The van der Waals surface area contributed by atoms with Gasteiger partial charge in [-0.2, -0.15) is 0 Å². The minimum atomic E-state index is -3.71. The molecule has 2 rings (SSSR count). The largest absolute Gasteiger partial charge is 0.335 e. The molecule has 0 aromatic heterocycles. The molecule has 2 aromatic rings. The molecule has 0 spiro atoms. The van der Waals surface area contributed by atoms with E-state index in [1.54, 1.807) is 30.1 Å². The molecule has 0 bridgehead atoms. The highest BCUT2D eigenvalue weighted by Gasteiger charge is 2.20. The smallest absolute Gasteiger partial charge is 0.254 e. The maximum Gasteiger partial charge on any atom is 0.254 e. The Balaban J connectivity index is 2.24. The Labute approximate surface area is 136 Å². The van der Waals surface area contributed by atoms with Gasteiger partial charge in [0.1, 0.15) is 0 Å². The molecule has 0 radical (unpaired) electrons. The number of carbonyl (C=O) groups excluding carboxylic acids is 1. The molecule has 0 fully saturated rings. The van der Waals surface area contributed by atoms with E-state index in [0.29, 0.717) is 5.56 Å². The van der Waals surface area contributed by atoms with Crippen LogP contribution in [0.1, 0.15) is 34.5 Å². The Morgan fingerprint density at radius 2 is 1.65 bits per heavy atom. The third kappa shape index (κ3) is 3.78. The van der Waals surface area contributed by atoms with E-state index < -0.39 is 10.0 Å². The minimum Gasteiger partial charge on any atom is -0.335 e. The van der Waals surface area contributed by atoms with Crippen LogP contribution in [0.4, 0.5) is 0 Å². The van der Waals surface area contributed by atoms with Crippen molar-refractivity contribution in [3.8, 4) is 0 Å². The van der Waals surface area contributed by atoms with Crippen LogP contribution in [0.15, 0.2) is 53.4 Å². The van der Waals surface area contributed by atoms with Gasteiger partial charge in [-0.15, -0.1) is 0 Å². The average Bonchev–Trinajstić information content (AvgIpc) is 2.52. The first kappa shape index (κ1) is 17.2. The number of primary sulfonamides is 1. The molecule has 1 amide bonds. The molecule has 122 valence electrons. The van der Waals surface area contributed by atoms with Gasteiger partial charge in [-0.1, -0.05) is 30.3 Å². The molecule has 0 saturated heterocycles. The van der Waals surface area contributed by atoms with Crippen molar-refractivity contribution in [3.05, 3.63) is 65.2 Å². The van der Waals surface area contributed by atoms with E-state index in [2.05, 4.69) is 0 Å². The molecule has 0 aliphatic rings. The number of aryl methyl sites for hydroxylation is 1. The van der Waals surface area contributed by atoms with Crippen molar-refractivity contribution >= 4 is 15.9 Å². The van der Waals surface area contributed by atoms with Gasteiger partial charge in [0, 0.05) is 12.6 Å². The molecule has 1 atom stereocenters. The van der Waals surface area contributed by atoms with Gasteiger partial charge in [0.25, 0.3) is 5.91 Å². The maximum atomic E-state index is 12.6. The Hall–Kier alpha value is -2.18. The van der Waals surface area contributed by atoms with Crippen molar-refractivity contribution in [1.29, 1.82) is 0 Å². The van der Waals surface area contributed by atoms with E-state index in [0.717, 1.165) is 11.1 Å². The summed E-state index contributed by atoms with van der Waals surface area (Å²) in [6.07, 6.45) is 0.